The summed E-state index contributed by atoms with van der Waals surface area (Å²) < 4.78 is 4.82. The van der Waals surface area contributed by atoms with E-state index < -0.39 is 17.3 Å². The molecule has 102 valence electrons. The smallest absolute Gasteiger partial charge is 0.327 e. The second-order valence-electron chi connectivity index (χ2n) is 4.95. The summed E-state index contributed by atoms with van der Waals surface area (Å²) in [4.78, 5) is 23.6. The third-order valence-electron chi connectivity index (χ3n) is 3.85. The molecule has 4 heteroatoms. The Hall–Kier alpha value is -2.41. The quantitative estimate of drug-likeness (QED) is 0.624. The van der Waals surface area contributed by atoms with Crippen LogP contribution in [-0.4, -0.2) is 19.4 Å². The second kappa shape index (κ2) is 5.30. The van der Waals surface area contributed by atoms with Gasteiger partial charge in [-0.1, -0.05) is 35.9 Å². The number of hydrogen-bond donors (Lipinski definition) is 0. The third-order valence-corrected chi connectivity index (χ3v) is 3.85. The number of nitrogens with zero attached hydrogens (tertiary/aromatic N) is 1. The van der Waals surface area contributed by atoms with Gasteiger partial charge in [-0.25, -0.2) is 0 Å². The lowest BCUT2D eigenvalue weighted by atomic mass is 9.72. The number of methoxy groups -OCH3 is 1. The Labute approximate surface area is 117 Å². The Morgan fingerprint density at radius 2 is 2.10 bits per heavy atom. The molecule has 0 N–H and O–H groups in total. The summed E-state index contributed by atoms with van der Waals surface area (Å²) in [6.07, 6.45) is 0.971. The number of benzene rings is 1. The van der Waals surface area contributed by atoms with Crippen molar-refractivity contribution < 1.29 is 14.3 Å². The predicted octanol–water partition coefficient (Wildman–Crippen LogP) is 2.37. The average Bonchev–Trinajstić information content (AvgIpc) is 2.80. The van der Waals surface area contributed by atoms with Gasteiger partial charge in [0.1, 0.15) is 6.29 Å². The fourth-order valence-corrected chi connectivity index (χ4v) is 2.93. The molecule has 2 rings (SSSR count). The van der Waals surface area contributed by atoms with E-state index in [4.69, 9.17) is 4.74 Å². The number of hydrogen-bond acceptors (Lipinski definition) is 4. The molecular formula is C16H15NO3. The molecule has 0 aromatic heterocycles. The van der Waals surface area contributed by atoms with Gasteiger partial charge >= 0.3 is 5.97 Å². The maximum atomic E-state index is 12.2. The van der Waals surface area contributed by atoms with Crippen LogP contribution in [0.1, 0.15) is 24.8 Å². The van der Waals surface area contributed by atoms with Gasteiger partial charge in [0.15, 0.2) is 5.41 Å². The minimum atomic E-state index is -1.35. The molecule has 1 aromatic carbocycles. The molecule has 4 nitrogen and oxygen atoms in total. The molecule has 1 aromatic rings. The van der Waals surface area contributed by atoms with E-state index in [0.717, 1.165) is 17.4 Å². The Morgan fingerprint density at radius 3 is 2.60 bits per heavy atom. The third kappa shape index (κ3) is 1.92. The molecule has 0 heterocycles. The van der Waals surface area contributed by atoms with E-state index in [9.17, 15) is 14.9 Å². The van der Waals surface area contributed by atoms with Gasteiger partial charge in [-0.15, -0.1) is 0 Å². The van der Waals surface area contributed by atoms with Gasteiger partial charge in [-0.3, -0.25) is 9.59 Å². The van der Waals surface area contributed by atoms with Crippen LogP contribution < -0.4 is 0 Å². The predicted molar refractivity (Wildman–Crippen MR) is 72.6 cm³/mol. The second-order valence-corrected chi connectivity index (χ2v) is 4.95. The number of carbonyl (C=O) groups is 2. The fraction of sp³-hybridized carbons (Fsp3) is 0.312. The van der Waals surface area contributed by atoms with Crippen molar-refractivity contribution in [2.24, 2.45) is 5.41 Å². The molecule has 0 spiro atoms. The van der Waals surface area contributed by atoms with Crippen molar-refractivity contribution >= 4 is 12.3 Å². The van der Waals surface area contributed by atoms with E-state index in [1.807, 2.05) is 30.3 Å². The standard InChI is InChI=1S/C16H15NO3/c1-11-8-16(10-17,15(19)20-2)14(13(11)9-18)12-6-4-3-5-7-12/h3-7,9,14H,8H2,1-2H3/t14-,16+/m1/s1. The van der Waals surface area contributed by atoms with Crippen molar-refractivity contribution in [2.45, 2.75) is 19.3 Å². The van der Waals surface area contributed by atoms with Crippen molar-refractivity contribution in [3.05, 3.63) is 47.0 Å². The van der Waals surface area contributed by atoms with Gasteiger partial charge in [-0.2, -0.15) is 5.26 Å². The number of ether oxygens (including phenoxy) is 1. The van der Waals surface area contributed by atoms with Crippen LogP contribution in [0.2, 0.25) is 0 Å². The van der Waals surface area contributed by atoms with E-state index in [2.05, 4.69) is 6.07 Å². The summed E-state index contributed by atoms with van der Waals surface area (Å²) in [6.45, 7) is 1.78. The summed E-state index contributed by atoms with van der Waals surface area (Å²) in [7, 11) is 1.26. The maximum Gasteiger partial charge on any atom is 0.327 e. The Bertz CT molecular complexity index is 612. The first kappa shape index (κ1) is 14.0. The van der Waals surface area contributed by atoms with Crippen LogP contribution in [0, 0.1) is 16.7 Å². The average molecular weight is 269 g/mol. The molecule has 1 aliphatic carbocycles. The minimum Gasteiger partial charge on any atom is -0.468 e. The first-order valence-corrected chi connectivity index (χ1v) is 6.30. The Balaban J connectivity index is 2.64. The Morgan fingerprint density at radius 1 is 1.45 bits per heavy atom. The first-order chi connectivity index (χ1) is 9.60. The molecule has 0 unspecified atom stereocenters. The number of aldehydes is 1. The highest BCUT2D eigenvalue weighted by atomic mass is 16.5. The fourth-order valence-electron chi connectivity index (χ4n) is 2.93. The molecule has 1 aliphatic rings. The summed E-state index contributed by atoms with van der Waals surface area (Å²) in [5.74, 6) is -1.16. The van der Waals surface area contributed by atoms with Crippen molar-refractivity contribution in [1.82, 2.24) is 0 Å². The number of esters is 1. The molecule has 0 bridgehead atoms. The molecule has 2 atom stereocenters. The SMILES string of the molecule is COC(=O)[C@]1(C#N)CC(C)=C(C=O)[C@H]1c1ccccc1. The van der Waals surface area contributed by atoms with Crippen LogP contribution in [0.4, 0.5) is 0 Å². The van der Waals surface area contributed by atoms with Crippen LogP contribution in [-0.2, 0) is 14.3 Å². The molecule has 0 saturated heterocycles. The van der Waals surface area contributed by atoms with E-state index in [1.54, 1.807) is 6.92 Å². The zero-order valence-corrected chi connectivity index (χ0v) is 11.4. The van der Waals surface area contributed by atoms with Crippen LogP contribution in [0.15, 0.2) is 41.5 Å². The lowest BCUT2D eigenvalue weighted by Gasteiger charge is -2.27. The summed E-state index contributed by atoms with van der Waals surface area (Å²) in [5.41, 5.74) is 0.693. The normalized spacial score (nSPS) is 25.1. The molecular weight excluding hydrogens is 254 g/mol. The van der Waals surface area contributed by atoms with Crippen molar-refractivity contribution in [3.63, 3.8) is 0 Å². The van der Waals surface area contributed by atoms with Gasteiger partial charge in [0.2, 0.25) is 0 Å². The van der Waals surface area contributed by atoms with E-state index in [0.29, 0.717) is 5.57 Å². The Kier molecular flexibility index (Phi) is 3.71. The molecule has 0 saturated carbocycles. The molecule has 0 fully saturated rings. The molecule has 20 heavy (non-hydrogen) atoms. The largest absolute Gasteiger partial charge is 0.468 e. The highest BCUT2D eigenvalue weighted by molar-refractivity contribution is 5.90. The molecule has 0 radical (unpaired) electrons. The first-order valence-electron chi connectivity index (χ1n) is 6.30. The minimum absolute atomic E-state index is 0.226. The number of nitriles is 1. The zero-order chi connectivity index (χ0) is 14.8. The summed E-state index contributed by atoms with van der Waals surface area (Å²) in [5, 5.41) is 9.59. The van der Waals surface area contributed by atoms with Gasteiger partial charge in [0.25, 0.3) is 0 Å². The maximum absolute atomic E-state index is 12.2. The van der Waals surface area contributed by atoms with Crippen LogP contribution >= 0.6 is 0 Å². The van der Waals surface area contributed by atoms with Gasteiger partial charge in [-0.05, 0) is 18.9 Å². The number of rotatable bonds is 3. The highest BCUT2D eigenvalue weighted by Crippen LogP contribution is 2.52. The molecule has 0 aliphatic heterocycles. The molecule has 0 amide bonds. The number of carbonyl (C=O) groups excluding carboxylic acids is 2. The van der Waals surface area contributed by atoms with Crippen LogP contribution in [0.25, 0.3) is 0 Å². The highest BCUT2D eigenvalue weighted by Gasteiger charge is 2.54. The van der Waals surface area contributed by atoms with Gasteiger partial charge in [0, 0.05) is 11.5 Å². The van der Waals surface area contributed by atoms with Gasteiger partial charge < -0.3 is 4.74 Å². The monoisotopic (exact) mass is 269 g/mol. The van der Waals surface area contributed by atoms with E-state index in [1.165, 1.54) is 7.11 Å². The van der Waals surface area contributed by atoms with E-state index in [-0.39, 0.29) is 6.42 Å². The van der Waals surface area contributed by atoms with Gasteiger partial charge in [0.05, 0.1) is 13.2 Å². The topological polar surface area (TPSA) is 67.2 Å². The van der Waals surface area contributed by atoms with Crippen LogP contribution in [0.5, 0.6) is 0 Å². The lowest BCUT2D eigenvalue weighted by Crippen LogP contribution is -2.35. The lowest BCUT2D eigenvalue weighted by molar-refractivity contribution is -0.149. The number of allylic oxidation sites excluding steroid dienone is 2. The van der Waals surface area contributed by atoms with Crippen LogP contribution in [0.3, 0.4) is 0 Å². The summed E-state index contributed by atoms with van der Waals surface area (Å²) in [6, 6.07) is 11.2. The van der Waals surface area contributed by atoms with Crippen molar-refractivity contribution in [1.29, 1.82) is 5.26 Å². The summed E-state index contributed by atoms with van der Waals surface area (Å²) >= 11 is 0. The van der Waals surface area contributed by atoms with Crippen molar-refractivity contribution in [3.8, 4) is 6.07 Å². The van der Waals surface area contributed by atoms with Crippen molar-refractivity contribution in [2.75, 3.05) is 7.11 Å². The zero-order valence-electron chi connectivity index (χ0n) is 11.4. The van der Waals surface area contributed by atoms with E-state index >= 15 is 0 Å².